The fourth-order valence-corrected chi connectivity index (χ4v) is 4.48. The van der Waals surface area contributed by atoms with Crippen LogP contribution in [0.3, 0.4) is 0 Å². The molecule has 1 aliphatic heterocycles. The van der Waals surface area contributed by atoms with Gasteiger partial charge >= 0.3 is 0 Å². The zero-order chi connectivity index (χ0) is 18.0. The maximum absolute atomic E-state index is 14.1. The molecule has 0 aromatic heterocycles. The van der Waals surface area contributed by atoms with Gasteiger partial charge in [-0.15, -0.1) is 0 Å². The van der Waals surface area contributed by atoms with E-state index in [9.17, 15) is 21.2 Å². The van der Waals surface area contributed by atoms with Crippen molar-refractivity contribution in [2.75, 3.05) is 23.6 Å². The Balaban J connectivity index is 2.20. The van der Waals surface area contributed by atoms with E-state index in [-0.39, 0.29) is 28.3 Å². The minimum absolute atomic E-state index is 0.119. The summed E-state index contributed by atoms with van der Waals surface area (Å²) in [6.07, 6.45) is 0.650. The van der Waals surface area contributed by atoms with E-state index >= 15 is 0 Å². The fourth-order valence-electron chi connectivity index (χ4n) is 2.44. The molecule has 0 bridgehead atoms. The Morgan fingerprint density at radius 2 is 2.00 bits per heavy atom. The second-order valence-electron chi connectivity index (χ2n) is 5.85. The van der Waals surface area contributed by atoms with Crippen LogP contribution >= 0.6 is 0 Å². The lowest BCUT2D eigenvalue weighted by molar-refractivity contribution is 0.328. The maximum atomic E-state index is 14.1. The van der Waals surface area contributed by atoms with Crippen molar-refractivity contribution in [3.05, 3.63) is 24.0 Å². The molecule has 10 heteroatoms. The molecule has 0 amide bonds. The minimum Gasteiger partial charge on any atom is -0.316 e. The molecule has 2 unspecified atom stereocenters. The summed E-state index contributed by atoms with van der Waals surface area (Å²) in [5.74, 6) is -1.02. The number of hydrogen-bond donors (Lipinski definition) is 3. The maximum Gasteiger partial charge on any atom is 0.240 e. The Labute approximate surface area is 142 Å². The second-order valence-corrected chi connectivity index (χ2v) is 9.57. The molecule has 136 valence electrons. The van der Waals surface area contributed by atoms with Gasteiger partial charge in [0.2, 0.25) is 20.0 Å². The summed E-state index contributed by atoms with van der Waals surface area (Å²) in [4.78, 5) is -0.231. The smallest absolute Gasteiger partial charge is 0.240 e. The first-order chi connectivity index (χ1) is 11.1. The largest absolute Gasteiger partial charge is 0.316 e. The fraction of sp³-hybridized carbons (Fsp3) is 0.571. The highest BCUT2D eigenvalue weighted by Crippen LogP contribution is 2.21. The molecule has 24 heavy (non-hydrogen) atoms. The van der Waals surface area contributed by atoms with E-state index in [0.717, 1.165) is 12.1 Å². The van der Waals surface area contributed by atoms with Crippen LogP contribution in [-0.2, 0) is 20.0 Å². The highest BCUT2D eigenvalue weighted by atomic mass is 32.2. The molecule has 3 N–H and O–H groups in total. The van der Waals surface area contributed by atoms with E-state index < -0.39 is 25.9 Å². The van der Waals surface area contributed by atoms with Crippen LogP contribution in [0.1, 0.15) is 20.3 Å². The molecule has 2 rings (SSSR count). The molecule has 0 saturated carbocycles. The van der Waals surface area contributed by atoms with Gasteiger partial charge in [-0.05, 0) is 50.6 Å². The number of rotatable bonds is 6. The topological polar surface area (TPSA) is 104 Å². The molecule has 7 nitrogen and oxygen atoms in total. The van der Waals surface area contributed by atoms with E-state index in [0.29, 0.717) is 19.5 Å². The normalized spacial score (nSPS) is 22.3. The average Bonchev–Trinajstić information content (AvgIpc) is 2.51. The van der Waals surface area contributed by atoms with Gasteiger partial charge in [-0.25, -0.2) is 25.9 Å². The zero-order valence-electron chi connectivity index (χ0n) is 13.5. The summed E-state index contributed by atoms with van der Waals surface area (Å²) in [6, 6.07) is 2.90. The van der Waals surface area contributed by atoms with Crippen molar-refractivity contribution >= 4 is 25.7 Å². The Kier molecular flexibility index (Phi) is 5.84. The Morgan fingerprint density at radius 3 is 2.58 bits per heavy atom. The molecule has 1 saturated heterocycles. The van der Waals surface area contributed by atoms with Gasteiger partial charge in [0.25, 0.3) is 0 Å². The van der Waals surface area contributed by atoms with Crippen LogP contribution in [0.5, 0.6) is 0 Å². The molecule has 0 spiro atoms. The first-order valence-corrected chi connectivity index (χ1v) is 10.8. The van der Waals surface area contributed by atoms with Crippen molar-refractivity contribution in [1.29, 1.82) is 0 Å². The number of halogens is 1. The Bertz CT molecular complexity index is 796. The van der Waals surface area contributed by atoms with Crippen LogP contribution < -0.4 is 14.8 Å². The number of sulfonamides is 2. The van der Waals surface area contributed by atoms with Crippen molar-refractivity contribution in [3.8, 4) is 0 Å². The van der Waals surface area contributed by atoms with Crippen molar-refractivity contribution in [1.82, 2.24) is 10.0 Å². The van der Waals surface area contributed by atoms with E-state index in [4.69, 9.17) is 0 Å². The summed E-state index contributed by atoms with van der Waals surface area (Å²) in [5, 5.41) is 3.17. The minimum atomic E-state index is -3.88. The molecular formula is C14H22FN3O4S2. The van der Waals surface area contributed by atoms with Gasteiger partial charge in [-0.3, -0.25) is 4.72 Å². The van der Waals surface area contributed by atoms with Crippen molar-refractivity contribution in [3.63, 3.8) is 0 Å². The lowest BCUT2D eigenvalue weighted by Gasteiger charge is -2.29. The number of nitrogens with one attached hydrogen (secondary N) is 3. The van der Waals surface area contributed by atoms with Crippen molar-refractivity contribution < 1.29 is 21.2 Å². The summed E-state index contributed by atoms with van der Waals surface area (Å²) >= 11 is 0. The van der Waals surface area contributed by atoms with Gasteiger partial charge in [-0.1, -0.05) is 6.92 Å². The third-order valence-electron chi connectivity index (χ3n) is 3.99. The number of hydrogen-bond acceptors (Lipinski definition) is 5. The molecule has 2 atom stereocenters. The Morgan fingerprint density at radius 1 is 1.29 bits per heavy atom. The monoisotopic (exact) mass is 379 g/mol. The van der Waals surface area contributed by atoms with Gasteiger partial charge in [0.1, 0.15) is 5.82 Å². The molecule has 1 aromatic rings. The standard InChI is InChI=1S/C14H22FN3O4S2/c1-3-23(19,20)17-14-5-4-11(8-12(14)15)24(21,22)18-13-6-7-16-9-10(13)2/h4-5,8,10,13,16-18H,3,6-7,9H2,1-2H3. The predicted octanol–water partition coefficient (Wildman–Crippen LogP) is 0.864. The average molecular weight is 379 g/mol. The van der Waals surface area contributed by atoms with Crippen LogP contribution in [0.25, 0.3) is 0 Å². The zero-order valence-corrected chi connectivity index (χ0v) is 15.2. The molecule has 0 aliphatic carbocycles. The molecule has 1 fully saturated rings. The lowest BCUT2D eigenvalue weighted by atomic mass is 9.97. The lowest BCUT2D eigenvalue weighted by Crippen LogP contribution is -2.48. The van der Waals surface area contributed by atoms with Crippen LogP contribution in [-0.4, -0.2) is 41.7 Å². The van der Waals surface area contributed by atoms with E-state index in [2.05, 4.69) is 14.8 Å². The second kappa shape index (κ2) is 7.34. The van der Waals surface area contributed by atoms with E-state index in [1.54, 1.807) is 0 Å². The summed E-state index contributed by atoms with van der Waals surface area (Å²) in [6.45, 7) is 4.77. The van der Waals surface area contributed by atoms with Crippen LogP contribution in [0.15, 0.2) is 23.1 Å². The molecule has 1 aromatic carbocycles. The molecule has 1 heterocycles. The molecule has 1 aliphatic rings. The third kappa shape index (κ3) is 4.65. The van der Waals surface area contributed by atoms with Gasteiger partial charge in [0, 0.05) is 6.04 Å². The van der Waals surface area contributed by atoms with Gasteiger partial charge in [-0.2, -0.15) is 0 Å². The van der Waals surface area contributed by atoms with Crippen LogP contribution in [0, 0.1) is 11.7 Å². The highest BCUT2D eigenvalue weighted by Gasteiger charge is 2.27. The van der Waals surface area contributed by atoms with E-state index in [1.807, 2.05) is 6.92 Å². The first-order valence-electron chi connectivity index (χ1n) is 7.67. The number of benzene rings is 1. The quantitative estimate of drug-likeness (QED) is 0.680. The van der Waals surface area contributed by atoms with Gasteiger partial charge in [0.05, 0.1) is 16.3 Å². The van der Waals surface area contributed by atoms with Crippen molar-refractivity contribution in [2.45, 2.75) is 31.2 Å². The highest BCUT2D eigenvalue weighted by molar-refractivity contribution is 7.92. The summed E-state index contributed by atoms with van der Waals surface area (Å²) in [5.41, 5.74) is -0.272. The van der Waals surface area contributed by atoms with Crippen molar-refractivity contribution in [2.24, 2.45) is 5.92 Å². The molecular weight excluding hydrogens is 357 g/mol. The SMILES string of the molecule is CCS(=O)(=O)Nc1ccc(S(=O)(=O)NC2CCNCC2C)cc1F. The Hall–Kier alpha value is -1.23. The number of piperidine rings is 1. The van der Waals surface area contributed by atoms with Crippen LogP contribution in [0.2, 0.25) is 0 Å². The predicted molar refractivity (Wildman–Crippen MR) is 90.2 cm³/mol. The van der Waals surface area contributed by atoms with Gasteiger partial charge < -0.3 is 5.32 Å². The number of anilines is 1. The summed E-state index contributed by atoms with van der Waals surface area (Å²) < 4.78 is 66.5. The first kappa shape index (κ1) is 19.1. The van der Waals surface area contributed by atoms with E-state index in [1.165, 1.54) is 13.0 Å². The summed E-state index contributed by atoms with van der Waals surface area (Å²) in [7, 11) is -7.51. The van der Waals surface area contributed by atoms with Crippen LogP contribution in [0.4, 0.5) is 10.1 Å². The third-order valence-corrected chi connectivity index (χ3v) is 6.77. The molecule has 0 radical (unpaired) electrons. The van der Waals surface area contributed by atoms with Gasteiger partial charge in [0.15, 0.2) is 0 Å².